The summed E-state index contributed by atoms with van der Waals surface area (Å²) in [7, 11) is 0. The van der Waals surface area contributed by atoms with E-state index >= 15 is 0 Å². The van der Waals surface area contributed by atoms with Gasteiger partial charge in [-0.05, 0) is 12.1 Å². The van der Waals surface area contributed by atoms with Gasteiger partial charge in [0.05, 0.1) is 11.8 Å². The molecule has 0 aliphatic heterocycles. The van der Waals surface area contributed by atoms with Gasteiger partial charge >= 0.3 is 12.1 Å². The van der Waals surface area contributed by atoms with Crippen molar-refractivity contribution in [1.29, 1.82) is 5.26 Å². The van der Waals surface area contributed by atoms with Gasteiger partial charge in [0.15, 0.2) is 11.7 Å². The highest BCUT2D eigenvalue weighted by Crippen LogP contribution is 2.29. The van der Waals surface area contributed by atoms with E-state index in [1.165, 1.54) is 30.5 Å². The molecule has 0 aliphatic rings. The van der Waals surface area contributed by atoms with Crippen LogP contribution in [0, 0.1) is 11.3 Å². The summed E-state index contributed by atoms with van der Waals surface area (Å²) >= 11 is 0. The first-order valence-corrected chi connectivity index (χ1v) is 7.26. The Morgan fingerprint density at radius 2 is 1.88 bits per heavy atom. The smallest absolute Gasteiger partial charge is 0.329 e. The highest BCUT2D eigenvalue weighted by atomic mass is 19.4. The lowest BCUT2D eigenvalue weighted by Gasteiger charge is -2.07. The largest absolute Gasteiger partial charge is 0.471 e. The molecule has 130 valence electrons. The Labute approximate surface area is 144 Å². The minimum Gasteiger partial charge on any atom is -0.329 e. The molecule has 1 atom stereocenters. The van der Waals surface area contributed by atoms with E-state index in [9.17, 15) is 23.2 Å². The lowest BCUT2D eigenvalue weighted by molar-refractivity contribution is -0.159. The Kier molecular flexibility index (Phi) is 4.49. The van der Waals surface area contributed by atoms with Gasteiger partial charge < -0.3 is 4.52 Å². The third-order valence-electron chi connectivity index (χ3n) is 3.47. The molecule has 0 saturated carbocycles. The molecule has 0 saturated heterocycles. The molecule has 0 radical (unpaired) electrons. The van der Waals surface area contributed by atoms with Crippen LogP contribution in [0.1, 0.15) is 27.9 Å². The predicted octanol–water partition coefficient (Wildman–Crippen LogP) is 3.64. The number of aromatic nitrogens is 3. The number of halogens is 3. The van der Waals surface area contributed by atoms with E-state index in [0.29, 0.717) is 5.69 Å². The first kappa shape index (κ1) is 17.3. The van der Waals surface area contributed by atoms with Crippen LogP contribution in [0.2, 0.25) is 0 Å². The molecule has 9 heteroatoms. The van der Waals surface area contributed by atoms with Crippen LogP contribution in [0.25, 0.3) is 11.4 Å². The van der Waals surface area contributed by atoms with Crippen LogP contribution in [0.3, 0.4) is 0 Å². The van der Waals surface area contributed by atoms with Crippen LogP contribution in [0.5, 0.6) is 0 Å². The Bertz CT molecular complexity index is 960. The number of pyridine rings is 1. The molecule has 0 bridgehead atoms. The van der Waals surface area contributed by atoms with Crippen molar-refractivity contribution in [1.82, 2.24) is 15.1 Å². The van der Waals surface area contributed by atoms with E-state index in [0.717, 1.165) is 0 Å². The third-order valence-corrected chi connectivity index (χ3v) is 3.47. The SMILES string of the molecule is N#C[C@@H](C(=O)c1ccc(-c2noc(C(F)(F)F)n2)cc1)c1ccccn1. The van der Waals surface area contributed by atoms with E-state index in [1.54, 1.807) is 18.2 Å². The molecule has 3 aromatic rings. The Morgan fingerprint density at radius 3 is 2.42 bits per heavy atom. The van der Waals surface area contributed by atoms with Gasteiger partial charge in [0.25, 0.3) is 0 Å². The normalized spacial score (nSPS) is 12.4. The maximum Gasteiger partial charge on any atom is 0.471 e. The van der Waals surface area contributed by atoms with Crippen molar-refractivity contribution in [2.24, 2.45) is 0 Å². The molecule has 26 heavy (non-hydrogen) atoms. The van der Waals surface area contributed by atoms with E-state index in [1.807, 2.05) is 6.07 Å². The van der Waals surface area contributed by atoms with E-state index in [4.69, 9.17) is 0 Å². The van der Waals surface area contributed by atoms with Crippen LogP contribution in [0.4, 0.5) is 13.2 Å². The van der Waals surface area contributed by atoms with Crippen LogP contribution in [-0.2, 0) is 6.18 Å². The van der Waals surface area contributed by atoms with Gasteiger partial charge in [-0.2, -0.15) is 23.4 Å². The molecule has 1 aromatic carbocycles. The lowest BCUT2D eigenvalue weighted by atomic mass is 9.95. The summed E-state index contributed by atoms with van der Waals surface area (Å²) in [5.41, 5.74) is 0.773. The zero-order valence-electron chi connectivity index (χ0n) is 12.9. The number of nitrogens with zero attached hydrogens (tertiary/aromatic N) is 4. The number of hydrogen-bond acceptors (Lipinski definition) is 6. The van der Waals surface area contributed by atoms with Crippen molar-refractivity contribution < 1.29 is 22.5 Å². The van der Waals surface area contributed by atoms with Gasteiger partial charge in [0.1, 0.15) is 0 Å². The van der Waals surface area contributed by atoms with Crippen molar-refractivity contribution >= 4 is 5.78 Å². The molecule has 0 fully saturated rings. The average molecular weight is 358 g/mol. The maximum atomic E-state index is 12.5. The van der Waals surface area contributed by atoms with Gasteiger partial charge in [-0.1, -0.05) is 35.5 Å². The Hall–Kier alpha value is -3.54. The summed E-state index contributed by atoms with van der Waals surface area (Å²) < 4.78 is 41.7. The standard InChI is InChI=1S/C17H9F3N4O2/c18-17(19,20)16-23-15(24-26-16)11-6-4-10(5-7-11)14(25)12(9-21)13-3-1-2-8-22-13/h1-8,12H/t12-/m1/s1. The number of hydrogen-bond donors (Lipinski definition) is 0. The molecular formula is C17H9F3N4O2. The fourth-order valence-electron chi connectivity index (χ4n) is 2.21. The summed E-state index contributed by atoms with van der Waals surface area (Å²) in [6, 6.07) is 12.3. The average Bonchev–Trinajstić information content (AvgIpc) is 3.14. The molecule has 0 spiro atoms. The van der Waals surface area contributed by atoms with Crippen LogP contribution in [-0.4, -0.2) is 20.9 Å². The van der Waals surface area contributed by atoms with Gasteiger partial charge in [-0.3, -0.25) is 9.78 Å². The molecule has 0 unspecified atom stereocenters. The van der Waals surface area contributed by atoms with Crippen LogP contribution in [0.15, 0.2) is 53.2 Å². The lowest BCUT2D eigenvalue weighted by Crippen LogP contribution is -2.12. The van der Waals surface area contributed by atoms with Crippen molar-refractivity contribution in [2.45, 2.75) is 12.1 Å². The van der Waals surface area contributed by atoms with Crippen molar-refractivity contribution in [2.75, 3.05) is 0 Å². The highest BCUT2D eigenvalue weighted by Gasteiger charge is 2.38. The summed E-state index contributed by atoms with van der Waals surface area (Å²) in [5.74, 6) is -3.25. The molecule has 3 rings (SSSR count). The first-order chi connectivity index (χ1) is 12.4. The van der Waals surface area contributed by atoms with Gasteiger partial charge in [0.2, 0.25) is 5.82 Å². The zero-order chi connectivity index (χ0) is 18.7. The number of carbonyl (C=O) groups excluding carboxylic acids is 1. The molecule has 2 heterocycles. The second-order valence-electron chi connectivity index (χ2n) is 5.18. The minimum atomic E-state index is -4.73. The number of alkyl halides is 3. The molecule has 0 amide bonds. The summed E-state index contributed by atoms with van der Waals surface area (Å²) in [5, 5.41) is 12.5. The highest BCUT2D eigenvalue weighted by molar-refractivity contribution is 6.02. The Balaban J connectivity index is 1.84. The number of benzene rings is 1. The van der Waals surface area contributed by atoms with Gasteiger partial charge in [0, 0.05) is 17.3 Å². The van der Waals surface area contributed by atoms with E-state index in [-0.39, 0.29) is 17.0 Å². The first-order valence-electron chi connectivity index (χ1n) is 7.26. The van der Waals surface area contributed by atoms with Gasteiger partial charge in [-0.15, -0.1) is 0 Å². The number of carbonyl (C=O) groups is 1. The molecule has 0 aliphatic carbocycles. The third kappa shape index (κ3) is 3.44. The molecular weight excluding hydrogens is 349 g/mol. The van der Waals surface area contributed by atoms with Crippen molar-refractivity contribution in [3.8, 4) is 17.5 Å². The second-order valence-corrected chi connectivity index (χ2v) is 5.18. The quantitative estimate of drug-likeness (QED) is 0.661. The Morgan fingerprint density at radius 1 is 1.15 bits per heavy atom. The minimum absolute atomic E-state index is 0.213. The second kappa shape index (κ2) is 6.76. The van der Waals surface area contributed by atoms with E-state index < -0.39 is 23.8 Å². The fraction of sp³-hybridized carbons (Fsp3) is 0.118. The maximum absolute atomic E-state index is 12.5. The summed E-state index contributed by atoms with van der Waals surface area (Å²) in [6.45, 7) is 0. The number of rotatable bonds is 4. The van der Waals surface area contributed by atoms with Crippen molar-refractivity contribution in [3.05, 3.63) is 65.8 Å². The number of ketones is 1. The molecule has 6 nitrogen and oxygen atoms in total. The number of nitriles is 1. The predicted molar refractivity (Wildman–Crippen MR) is 81.7 cm³/mol. The summed E-state index contributed by atoms with van der Waals surface area (Å²) in [6.07, 6.45) is -3.26. The molecule has 0 N–H and O–H groups in total. The van der Waals surface area contributed by atoms with Gasteiger partial charge in [-0.25, -0.2) is 0 Å². The molecule has 2 aromatic heterocycles. The van der Waals surface area contributed by atoms with E-state index in [2.05, 4.69) is 19.6 Å². The topological polar surface area (TPSA) is 92.7 Å². The number of Topliss-reactive ketones (excluding diaryl/α,β-unsaturated/α-hetero) is 1. The monoisotopic (exact) mass is 358 g/mol. The van der Waals surface area contributed by atoms with Crippen molar-refractivity contribution in [3.63, 3.8) is 0 Å². The fourth-order valence-corrected chi connectivity index (χ4v) is 2.21. The zero-order valence-corrected chi connectivity index (χ0v) is 12.9. The van der Waals surface area contributed by atoms with Crippen LogP contribution < -0.4 is 0 Å². The summed E-state index contributed by atoms with van der Waals surface area (Å²) in [4.78, 5) is 19.8. The van der Waals surface area contributed by atoms with Crippen LogP contribution >= 0.6 is 0 Å².